The summed E-state index contributed by atoms with van der Waals surface area (Å²) in [4.78, 5) is 33.2. The molecule has 3 rings (SSSR count). The lowest BCUT2D eigenvalue weighted by atomic mass is 10.1. The van der Waals surface area contributed by atoms with Crippen LogP contribution >= 0.6 is 0 Å². The van der Waals surface area contributed by atoms with E-state index in [1.165, 1.54) is 0 Å². The molecular weight excluding hydrogens is 326 g/mol. The molecule has 1 saturated heterocycles. The summed E-state index contributed by atoms with van der Waals surface area (Å²) in [5.41, 5.74) is 3.01. The van der Waals surface area contributed by atoms with E-state index in [2.05, 4.69) is 4.98 Å². The Labute approximate surface area is 154 Å². The van der Waals surface area contributed by atoms with Gasteiger partial charge in [-0.2, -0.15) is 0 Å². The summed E-state index contributed by atoms with van der Waals surface area (Å²) in [7, 11) is 0. The van der Waals surface area contributed by atoms with E-state index < -0.39 is 6.04 Å². The molecule has 2 amide bonds. The Morgan fingerprint density at radius 3 is 2.62 bits per heavy atom. The van der Waals surface area contributed by atoms with Crippen LogP contribution in [0.15, 0.2) is 48.7 Å². The third-order valence-corrected chi connectivity index (χ3v) is 4.92. The molecule has 1 aliphatic heterocycles. The van der Waals surface area contributed by atoms with Gasteiger partial charge in [-0.15, -0.1) is 0 Å². The second kappa shape index (κ2) is 8.13. The number of aromatic nitrogens is 1. The van der Waals surface area contributed by atoms with Crippen LogP contribution in [0, 0.1) is 6.92 Å². The maximum absolute atomic E-state index is 13.2. The molecule has 1 aliphatic rings. The maximum Gasteiger partial charge on any atom is 0.245 e. The number of rotatable bonds is 6. The van der Waals surface area contributed by atoms with Crippen molar-refractivity contribution in [3.63, 3.8) is 0 Å². The van der Waals surface area contributed by atoms with Gasteiger partial charge in [0.1, 0.15) is 6.04 Å². The van der Waals surface area contributed by atoms with Crippen molar-refractivity contribution in [2.45, 2.75) is 45.8 Å². The summed E-state index contributed by atoms with van der Waals surface area (Å²) >= 11 is 0. The first-order chi connectivity index (χ1) is 12.6. The molecule has 5 heteroatoms. The van der Waals surface area contributed by atoms with Crippen molar-refractivity contribution in [1.29, 1.82) is 0 Å². The Kier molecular flexibility index (Phi) is 5.66. The zero-order valence-electron chi connectivity index (χ0n) is 15.4. The van der Waals surface area contributed by atoms with Crippen LogP contribution in [-0.2, 0) is 22.7 Å². The average Bonchev–Trinajstić information content (AvgIpc) is 3.08. The monoisotopic (exact) mass is 351 g/mol. The number of benzene rings is 1. The van der Waals surface area contributed by atoms with Crippen molar-refractivity contribution in [3.8, 4) is 0 Å². The summed E-state index contributed by atoms with van der Waals surface area (Å²) < 4.78 is 0. The van der Waals surface area contributed by atoms with Crippen LogP contribution in [0.5, 0.6) is 0 Å². The van der Waals surface area contributed by atoms with Crippen molar-refractivity contribution >= 4 is 11.8 Å². The number of nitrogens with zero attached hydrogens (tertiary/aromatic N) is 3. The first-order valence-corrected chi connectivity index (χ1v) is 9.09. The summed E-state index contributed by atoms with van der Waals surface area (Å²) in [6.07, 6.45) is 3.12. The molecular formula is C21H25N3O2. The fraction of sp³-hybridized carbons (Fsp3) is 0.381. The predicted molar refractivity (Wildman–Crippen MR) is 100 cm³/mol. The number of hydrogen-bond donors (Lipinski definition) is 0. The van der Waals surface area contributed by atoms with Crippen LogP contribution in [-0.4, -0.2) is 39.2 Å². The first-order valence-electron chi connectivity index (χ1n) is 9.09. The molecule has 0 aliphatic carbocycles. The molecule has 0 N–H and O–H groups in total. The molecule has 1 atom stereocenters. The SMILES string of the molecule is Cc1cccnc1CN(Cc1ccccc1)C(=O)C(C)N1CCCC1=O. The molecule has 5 nitrogen and oxygen atoms in total. The fourth-order valence-corrected chi connectivity index (χ4v) is 3.36. The zero-order chi connectivity index (χ0) is 18.5. The van der Waals surface area contributed by atoms with Gasteiger partial charge in [0.05, 0.1) is 12.2 Å². The van der Waals surface area contributed by atoms with Gasteiger partial charge in [0.25, 0.3) is 0 Å². The van der Waals surface area contributed by atoms with E-state index >= 15 is 0 Å². The molecule has 26 heavy (non-hydrogen) atoms. The highest BCUT2D eigenvalue weighted by Crippen LogP contribution is 2.18. The second-order valence-corrected chi connectivity index (χ2v) is 6.81. The molecule has 1 aromatic heterocycles. The normalized spacial score (nSPS) is 15.2. The molecule has 1 fully saturated rings. The van der Waals surface area contributed by atoms with Crippen LogP contribution in [0.25, 0.3) is 0 Å². The Balaban J connectivity index is 1.83. The van der Waals surface area contributed by atoms with Gasteiger partial charge in [-0.1, -0.05) is 36.4 Å². The number of aryl methyl sites for hydroxylation is 1. The van der Waals surface area contributed by atoms with E-state index in [0.29, 0.717) is 26.1 Å². The number of amides is 2. The zero-order valence-corrected chi connectivity index (χ0v) is 15.4. The van der Waals surface area contributed by atoms with Gasteiger partial charge in [0, 0.05) is 25.7 Å². The smallest absolute Gasteiger partial charge is 0.245 e. The molecule has 0 spiro atoms. The molecule has 1 aromatic carbocycles. The minimum Gasteiger partial charge on any atom is -0.331 e. The van der Waals surface area contributed by atoms with Crippen molar-refractivity contribution in [1.82, 2.24) is 14.8 Å². The third kappa shape index (κ3) is 4.10. The Hall–Kier alpha value is -2.69. The first kappa shape index (κ1) is 18.1. The van der Waals surface area contributed by atoms with E-state index in [1.807, 2.05) is 56.3 Å². The predicted octanol–water partition coefficient (Wildman–Crippen LogP) is 2.93. The molecule has 0 bridgehead atoms. The molecule has 2 aromatic rings. The van der Waals surface area contributed by atoms with E-state index in [1.54, 1.807) is 16.0 Å². The molecule has 1 unspecified atom stereocenters. The average molecular weight is 351 g/mol. The molecule has 0 radical (unpaired) electrons. The molecule has 136 valence electrons. The summed E-state index contributed by atoms with van der Waals surface area (Å²) in [5, 5.41) is 0. The van der Waals surface area contributed by atoms with Crippen molar-refractivity contribution < 1.29 is 9.59 Å². The van der Waals surface area contributed by atoms with Crippen LogP contribution in [0.4, 0.5) is 0 Å². The highest BCUT2D eigenvalue weighted by Gasteiger charge is 2.32. The molecule has 0 saturated carbocycles. The maximum atomic E-state index is 13.2. The molecule has 2 heterocycles. The highest BCUT2D eigenvalue weighted by molar-refractivity contribution is 5.88. The largest absolute Gasteiger partial charge is 0.331 e. The second-order valence-electron chi connectivity index (χ2n) is 6.81. The van der Waals surface area contributed by atoms with Gasteiger partial charge >= 0.3 is 0 Å². The minimum absolute atomic E-state index is 0.0332. The lowest BCUT2D eigenvalue weighted by Crippen LogP contribution is -2.47. The van der Waals surface area contributed by atoms with Crippen LogP contribution in [0.3, 0.4) is 0 Å². The third-order valence-electron chi connectivity index (χ3n) is 4.92. The van der Waals surface area contributed by atoms with E-state index in [0.717, 1.165) is 23.2 Å². The van der Waals surface area contributed by atoms with Crippen molar-refractivity contribution in [3.05, 3.63) is 65.5 Å². The Morgan fingerprint density at radius 1 is 1.19 bits per heavy atom. The topological polar surface area (TPSA) is 53.5 Å². The van der Waals surface area contributed by atoms with Gasteiger partial charge < -0.3 is 9.80 Å². The quantitative estimate of drug-likeness (QED) is 0.804. The van der Waals surface area contributed by atoms with Gasteiger partial charge in [0.15, 0.2) is 0 Å². The lowest BCUT2D eigenvalue weighted by molar-refractivity contribution is -0.143. The summed E-state index contributed by atoms with van der Waals surface area (Å²) in [6, 6.07) is 13.4. The number of carbonyl (C=O) groups excluding carboxylic acids is 2. The summed E-state index contributed by atoms with van der Waals surface area (Å²) in [5.74, 6) is 0.0358. The van der Waals surface area contributed by atoms with Crippen molar-refractivity contribution in [2.24, 2.45) is 0 Å². The van der Waals surface area contributed by atoms with E-state index in [9.17, 15) is 9.59 Å². The van der Waals surface area contributed by atoms with E-state index in [-0.39, 0.29) is 11.8 Å². The van der Waals surface area contributed by atoms with Gasteiger partial charge in [-0.3, -0.25) is 14.6 Å². The standard InChI is InChI=1S/C21H25N3O2/c1-16-8-6-12-22-19(16)15-23(14-18-9-4-3-5-10-18)21(26)17(2)24-13-7-11-20(24)25/h3-6,8-10,12,17H,7,11,13-15H2,1-2H3. The van der Waals surface area contributed by atoms with Gasteiger partial charge in [0.2, 0.25) is 11.8 Å². The number of likely N-dealkylation sites (tertiary alicyclic amines) is 1. The Morgan fingerprint density at radius 2 is 1.96 bits per heavy atom. The van der Waals surface area contributed by atoms with Crippen LogP contribution < -0.4 is 0 Å². The number of pyridine rings is 1. The number of hydrogen-bond acceptors (Lipinski definition) is 3. The highest BCUT2D eigenvalue weighted by atomic mass is 16.2. The number of carbonyl (C=O) groups is 2. The fourth-order valence-electron chi connectivity index (χ4n) is 3.36. The Bertz CT molecular complexity index is 776. The van der Waals surface area contributed by atoms with E-state index in [4.69, 9.17) is 0 Å². The van der Waals surface area contributed by atoms with Crippen LogP contribution in [0.1, 0.15) is 36.6 Å². The van der Waals surface area contributed by atoms with Crippen LogP contribution in [0.2, 0.25) is 0 Å². The van der Waals surface area contributed by atoms with Crippen molar-refractivity contribution in [2.75, 3.05) is 6.54 Å². The minimum atomic E-state index is -0.447. The summed E-state index contributed by atoms with van der Waals surface area (Å²) in [6.45, 7) is 5.43. The lowest BCUT2D eigenvalue weighted by Gasteiger charge is -2.30. The van der Waals surface area contributed by atoms with Gasteiger partial charge in [-0.05, 0) is 37.5 Å². The van der Waals surface area contributed by atoms with Gasteiger partial charge in [-0.25, -0.2) is 0 Å².